The lowest BCUT2D eigenvalue weighted by Gasteiger charge is -2.11. The van der Waals surface area contributed by atoms with E-state index in [1.165, 1.54) is 23.9 Å². The molecule has 0 saturated heterocycles. The molecule has 3 rings (SSSR count). The van der Waals surface area contributed by atoms with Crippen molar-refractivity contribution in [2.45, 2.75) is 42.1 Å². The Bertz CT molecular complexity index is 1130. The molecule has 2 heterocycles. The molecule has 0 atom stereocenters. The van der Waals surface area contributed by atoms with Crippen LogP contribution in [0.1, 0.15) is 31.4 Å². The number of nitrogens with zero attached hydrogens (tertiary/aromatic N) is 3. The second-order valence-corrected chi connectivity index (χ2v) is 9.69. The second kappa shape index (κ2) is 9.60. The van der Waals surface area contributed by atoms with Crippen LogP contribution < -0.4 is 5.32 Å². The molecule has 31 heavy (non-hydrogen) atoms. The van der Waals surface area contributed by atoms with Gasteiger partial charge < -0.3 is 9.73 Å². The average molecular weight is 471 g/mol. The van der Waals surface area contributed by atoms with Gasteiger partial charge in [0.05, 0.1) is 23.5 Å². The first-order valence-corrected chi connectivity index (χ1v) is 11.7. The number of nitrogens with one attached hydrogen (secondary N) is 1. The number of hydrogen-bond donors (Lipinski definition) is 1. The maximum absolute atomic E-state index is 12.6. The van der Waals surface area contributed by atoms with Crippen LogP contribution in [0.2, 0.25) is 0 Å². The first kappa shape index (κ1) is 22.9. The van der Waals surface area contributed by atoms with E-state index in [1.54, 1.807) is 12.3 Å². The van der Waals surface area contributed by atoms with Crippen LogP contribution in [0.5, 0.6) is 0 Å². The van der Waals surface area contributed by atoms with E-state index >= 15 is 0 Å². The van der Waals surface area contributed by atoms with Gasteiger partial charge in [-0.05, 0) is 36.4 Å². The summed E-state index contributed by atoms with van der Waals surface area (Å²) in [7, 11) is -4.68. The molecule has 166 valence electrons. The van der Waals surface area contributed by atoms with Crippen LogP contribution in [-0.2, 0) is 21.2 Å². The molecule has 3 aromatic rings. The van der Waals surface area contributed by atoms with Crippen molar-refractivity contribution in [3.8, 4) is 0 Å². The van der Waals surface area contributed by atoms with Crippen LogP contribution in [0.4, 0.5) is 14.5 Å². The molecule has 1 amide bonds. The molecular weight excluding hydrogens is 450 g/mol. The monoisotopic (exact) mass is 470 g/mol. The van der Waals surface area contributed by atoms with Crippen LogP contribution >= 0.6 is 11.8 Å². The number of carbonyl (C=O) groups is 1. The third-order valence-electron chi connectivity index (χ3n) is 4.19. The highest BCUT2D eigenvalue weighted by molar-refractivity contribution is 7.99. The fraction of sp³-hybridized carbons (Fsp3) is 0.316. The number of hydrogen-bond acceptors (Lipinski definition) is 7. The van der Waals surface area contributed by atoms with E-state index in [1.807, 2.05) is 24.5 Å². The number of benzene rings is 1. The Morgan fingerprint density at radius 3 is 2.48 bits per heavy atom. The predicted molar refractivity (Wildman–Crippen MR) is 111 cm³/mol. The highest BCUT2D eigenvalue weighted by Gasteiger charge is 2.26. The molecule has 0 radical (unpaired) electrons. The second-order valence-electron chi connectivity index (χ2n) is 6.83. The van der Waals surface area contributed by atoms with Gasteiger partial charge in [-0.15, -0.1) is 10.2 Å². The minimum atomic E-state index is -4.68. The van der Waals surface area contributed by atoms with E-state index < -0.39 is 20.5 Å². The van der Waals surface area contributed by atoms with E-state index in [-0.39, 0.29) is 17.6 Å². The Labute approximate surface area is 182 Å². The number of sulfone groups is 1. The summed E-state index contributed by atoms with van der Waals surface area (Å²) < 4.78 is 55.4. The molecule has 0 fully saturated rings. The summed E-state index contributed by atoms with van der Waals surface area (Å²) in [5.41, 5.74) is 0.290. The topological polar surface area (TPSA) is 107 Å². The molecule has 0 aliphatic heterocycles. The average Bonchev–Trinajstić information content (AvgIpc) is 3.37. The molecule has 1 N–H and O–H groups in total. The van der Waals surface area contributed by atoms with Crippen LogP contribution in [0.25, 0.3) is 0 Å². The van der Waals surface area contributed by atoms with Crippen LogP contribution in [0.3, 0.4) is 0 Å². The van der Waals surface area contributed by atoms with E-state index in [9.17, 15) is 22.0 Å². The number of aromatic nitrogens is 3. The van der Waals surface area contributed by atoms with Crippen LogP contribution in [-0.4, -0.2) is 40.6 Å². The zero-order valence-corrected chi connectivity index (χ0v) is 18.3. The fourth-order valence-electron chi connectivity index (χ4n) is 2.70. The molecule has 2 aromatic heterocycles. The van der Waals surface area contributed by atoms with Gasteiger partial charge in [0, 0.05) is 11.6 Å². The third-order valence-corrected chi connectivity index (χ3v) is 6.55. The normalized spacial score (nSPS) is 11.9. The van der Waals surface area contributed by atoms with Gasteiger partial charge in [-0.2, -0.15) is 8.78 Å². The number of halogens is 2. The first-order chi connectivity index (χ1) is 14.7. The Morgan fingerprint density at radius 1 is 1.19 bits per heavy atom. The van der Waals surface area contributed by atoms with Gasteiger partial charge in [-0.3, -0.25) is 9.36 Å². The van der Waals surface area contributed by atoms with Crippen molar-refractivity contribution >= 4 is 33.2 Å². The minimum absolute atomic E-state index is 0.0193. The number of rotatable bonds is 9. The summed E-state index contributed by atoms with van der Waals surface area (Å²) in [4.78, 5) is 11.8. The predicted octanol–water partition coefficient (Wildman–Crippen LogP) is 3.77. The number of alkyl halides is 2. The van der Waals surface area contributed by atoms with Crippen molar-refractivity contribution in [1.82, 2.24) is 14.8 Å². The van der Waals surface area contributed by atoms with E-state index in [2.05, 4.69) is 15.5 Å². The zero-order valence-electron chi connectivity index (χ0n) is 16.7. The molecule has 0 aliphatic carbocycles. The molecule has 0 bridgehead atoms. The summed E-state index contributed by atoms with van der Waals surface area (Å²) in [6.45, 7) is 4.40. The molecule has 0 aliphatic rings. The number of furan rings is 1. The van der Waals surface area contributed by atoms with Gasteiger partial charge in [0.25, 0.3) is 0 Å². The molecular formula is C19H20F2N4O4S2. The molecule has 1 aromatic carbocycles. The van der Waals surface area contributed by atoms with Crippen LogP contribution in [0, 0.1) is 0 Å². The number of carbonyl (C=O) groups excluding carboxylic acids is 1. The SMILES string of the molecule is CC(C)c1nnc(SCC(=O)Nc2ccc(S(=O)(=O)C(F)F)cc2)n1Cc1ccco1. The number of amides is 1. The standard InChI is InChI=1S/C19H20F2N4O4S2/c1-12(2)17-23-24-19(25(17)10-14-4-3-9-29-14)30-11-16(26)22-13-5-7-15(8-6-13)31(27,28)18(20)21/h3-9,12,18H,10-11H2,1-2H3,(H,22,26). The van der Waals surface area contributed by atoms with Gasteiger partial charge >= 0.3 is 5.76 Å². The Kier molecular flexibility index (Phi) is 7.11. The minimum Gasteiger partial charge on any atom is -0.467 e. The Hall–Kier alpha value is -2.73. The maximum atomic E-state index is 12.6. The van der Waals surface area contributed by atoms with Crippen molar-refractivity contribution in [2.75, 3.05) is 11.1 Å². The van der Waals surface area contributed by atoms with Crippen LogP contribution in [0.15, 0.2) is 57.1 Å². The fourth-order valence-corrected chi connectivity index (χ4v) is 4.16. The molecule has 0 spiro atoms. The van der Waals surface area contributed by atoms with Gasteiger partial charge in [0.1, 0.15) is 11.6 Å². The van der Waals surface area contributed by atoms with Crippen molar-refractivity contribution in [3.63, 3.8) is 0 Å². The van der Waals surface area contributed by atoms with Gasteiger partial charge in [-0.1, -0.05) is 25.6 Å². The van der Waals surface area contributed by atoms with Crippen molar-refractivity contribution in [1.29, 1.82) is 0 Å². The molecule has 8 nitrogen and oxygen atoms in total. The summed E-state index contributed by atoms with van der Waals surface area (Å²) in [6.07, 6.45) is 1.58. The maximum Gasteiger partial charge on any atom is 0.341 e. The largest absolute Gasteiger partial charge is 0.467 e. The van der Waals surface area contributed by atoms with Crippen molar-refractivity contribution in [2.24, 2.45) is 0 Å². The van der Waals surface area contributed by atoms with Crippen molar-refractivity contribution < 1.29 is 26.4 Å². The zero-order chi connectivity index (χ0) is 22.6. The quantitative estimate of drug-likeness (QED) is 0.474. The molecule has 12 heteroatoms. The number of thioether (sulfide) groups is 1. The van der Waals surface area contributed by atoms with E-state index in [0.717, 1.165) is 23.7 Å². The highest BCUT2D eigenvalue weighted by Crippen LogP contribution is 2.24. The Balaban J connectivity index is 1.65. The number of anilines is 1. The van der Waals surface area contributed by atoms with E-state index in [0.29, 0.717) is 17.4 Å². The smallest absolute Gasteiger partial charge is 0.341 e. The lowest BCUT2D eigenvalue weighted by molar-refractivity contribution is -0.113. The molecule has 0 saturated carbocycles. The van der Waals surface area contributed by atoms with Gasteiger partial charge in [-0.25, -0.2) is 8.42 Å². The lowest BCUT2D eigenvalue weighted by atomic mass is 10.2. The summed E-state index contributed by atoms with van der Waals surface area (Å²) >= 11 is 1.19. The van der Waals surface area contributed by atoms with E-state index in [4.69, 9.17) is 4.42 Å². The van der Waals surface area contributed by atoms with Gasteiger partial charge in [0.2, 0.25) is 15.7 Å². The third kappa shape index (κ3) is 5.50. The summed E-state index contributed by atoms with van der Waals surface area (Å²) in [5, 5.41) is 11.5. The molecule has 0 unspecified atom stereocenters. The first-order valence-electron chi connectivity index (χ1n) is 9.18. The van der Waals surface area contributed by atoms with Crippen molar-refractivity contribution in [3.05, 3.63) is 54.2 Å². The Morgan fingerprint density at radius 2 is 1.90 bits per heavy atom. The van der Waals surface area contributed by atoms with Gasteiger partial charge in [0.15, 0.2) is 5.16 Å². The summed E-state index contributed by atoms with van der Waals surface area (Å²) in [6, 6.07) is 8.19. The lowest BCUT2D eigenvalue weighted by Crippen LogP contribution is -2.15. The summed E-state index contributed by atoms with van der Waals surface area (Å²) in [5.74, 6) is -2.24. The highest BCUT2D eigenvalue weighted by atomic mass is 32.2.